The number of nitrogens with one attached hydrogen (secondary N) is 1. The summed E-state index contributed by atoms with van der Waals surface area (Å²) in [6.07, 6.45) is 2.86. The van der Waals surface area contributed by atoms with Crippen LogP contribution in [-0.2, 0) is 6.42 Å². The van der Waals surface area contributed by atoms with Gasteiger partial charge in [0.15, 0.2) is 0 Å². The van der Waals surface area contributed by atoms with Gasteiger partial charge in [0.05, 0.1) is 11.9 Å². The molecule has 0 bridgehead atoms. The van der Waals surface area contributed by atoms with E-state index in [4.69, 9.17) is 5.73 Å². The molecule has 0 saturated heterocycles. The topological polar surface area (TPSA) is 67.6 Å². The zero-order chi connectivity index (χ0) is 12.3. The molecule has 2 heterocycles. The second-order valence-corrected chi connectivity index (χ2v) is 4.01. The van der Waals surface area contributed by atoms with E-state index in [2.05, 4.69) is 15.2 Å². The fourth-order valence-electron chi connectivity index (χ4n) is 1.55. The first kappa shape index (κ1) is 11.7. The summed E-state index contributed by atoms with van der Waals surface area (Å²) in [5, 5.41) is 7.06. The number of pyridine rings is 1. The lowest BCUT2D eigenvalue weighted by Gasteiger charge is -2.04. The zero-order valence-electron chi connectivity index (χ0n) is 9.65. The highest BCUT2D eigenvalue weighted by Gasteiger charge is 2.08. The molecular formula is C12H15FN4. The summed E-state index contributed by atoms with van der Waals surface area (Å²) in [6, 6.07) is 5.00. The molecule has 0 amide bonds. The molecule has 0 aromatic carbocycles. The molecule has 0 saturated carbocycles. The van der Waals surface area contributed by atoms with Crippen molar-refractivity contribution < 1.29 is 4.39 Å². The van der Waals surface area contributed by atoms with Crippen molar-refractivity contribution in [2.75, 3.05) is 0 Å². The lowest BCUT2D eigenvalue weighted by Crippen LogP contribution is -2.21. The molecule has 1 unspecified atom stereocenters. The number of rotatable bonds is 4. The number of aromatic amines is 1. The van der Waals surface area contributed by atoms with E-state index in [1.54, 1.807) is 6.07 Å². The Balaban J connectivity index is 2.15. The number of halogens is 1. The van der Waals surface area contributed by atoms with Crippen LogP contribution < -0.4 is 5.73 Å². The first-order valence-corrected chi connectivity index (χ1v) is 5.61. The van der Waals surface area contributed by atoms with Gasteiger partial charge in [0.2, 0.25) is 0 Å². The van der Waals surface area contributed by atoms with Gasteiger partial charge in [-0.3, -0.25) is 10.1 Å². The summed E-state index contributed by atoms with van der Waals surface area (Å²) in [5.74, 6) is -0.350. The van der Waals surface area contributed by atoms with E-state index in [0.717, 1.165) is 18.5 Å². The molecule has 90 valence electrons. The van der Waals surface area contributed by atoms with Gasteiger partial charge < -0.3 is 5.73 Å². The maximum absolute atomic E-state index is 12.7. The van der Waals surface area contributed by atoms with E-state index in [9.17, 15) is 4.39 Å². The van der Waals surface area contributed by atoms with E-state index in [0.29, 0.717) is 11.4 Å². The third kappa shape index (κ3) is 2.88. The minimum Gasteiger partial charge on any atom is -0.327 e. The minimum atomic E-state index is -0.350. The van der Waals surface area contributed by atoms with E-state index in [1.807, 2.05) is 13.0 Å². The highest BCUT2D eigenvalue weighted by Crippen LogP contribution is 2.15. The SMILES string of the molecule is CCC(N)Cc1cc(-c2ccc(F)cn2)n[nH]1. The normalized spacial score (nSPS) is 12.6. The van der Waals surface area contributed by atoms with E-state index in [-0.39, 0.29) is 11.9 Å². The number of nitrogens with two attached hydrogens (primary N) is 1. The van der Waals surface area contributed by atoms with Crippen LogP contribution in [0.3, 0.4) is 0 Å². The van der Waals surface area contributed by atoms with Crippen molar-refractivity contribution in [3.63, 3.8) is 0 Å². The second kappa shape index (κ2) is 5.05. The Kier molecular flexibility index (Phi) is 3.49. The first-order chi connectivity index (χ1) is 8.19. The van der Waals surface area contributed by atoms with Crippen LogP contribution in [-0.4, -0.2) is 21.2 Å². The highest BCUT2D eigenvalue weighted by atomic mass is 19.1. The fourth-order valence-corrected chi connectivity index (χ4v) is 1.55. The van der Waals surface area contributed by atoms with Crippen molar-refractivity contribution in [2.24, 2.45) is 5.73 Å². The van der Waals surface area contributed by atoms with E-state index < -0.39 is 0 Å². The van der Waals surface area contributed by atoms with Gasteiger partial charge in [-0.05, 0) is 24.6 Å². The quantitative estimate of drug-likeness (QED) is 0.848. The van der Waals surface area contributed by atoms with Crippen molar-refractivity contribution in [2.45, 2.75) is 25.8 Å². The Morgan fingerprint density at radius 3 is 2.88 bits per heavy atom. The fraction of sp³-hybridized carbons (Fsp3) is 0.333. The Morgan fingerprint density at radius 1 is 1.41 bits per heavy atom. The lowest BCUT2D eigenvalue weighted by atomic mass is 10.1. The van der Waals surface area contributed by atoms with Crippen molar-refractivity contribution in [3.05, 3.63) is 35.9 Å². The van der Waals surface area contributed by atoms with Crippen molar-refractivity contribution in [1.29, 1.82) is 0 Å². The highest BCUT2D eigenvalue weighted by molar-refractivity contribution is 5.53. The molecule has 0 fully saturated rings. The molecule has 0 spiro atoms. The molecule has 5 heteroatoms. The summed E-state index contributed by atoms with van der Waals surface area (Å²) in [6.45, 7) is 2.05. The smallest absolute Gasteiger partial charge is 0.141 e. The third-order valence-electron chi connectivity index (χ3n) is 2.63. The van der Waals surface area contributed by atoms with Gasteiger partial charge in [-0.25, -0.2) is 4.39 Å². The van der Waals surface area contributed by atoms with E-state index in [1.165, 1.54) is 12.3 Å². The van der Waals surface area contributed by atoms with Crippen LogP contribution >= 0.6 is 0 Å². The standard InChI is InChI=1S/C12H15FN4/c1-2-9(14)5-10-6-12(17-16-10)11-4-3-8(13)7-15-11/h3-4,6-7,9H,2,5,14H2,1H3,(H,16,17). The monoisotopic (exact) mass is 234 g/mol. The molecule has 3 N–H and O–H groups in total. The minimum absolute atomic E-state index is 0.129. The zero-order valence-corrected chi connectivity index (χ0v) is 9.65. The summed E-state index contributed by atoms with van der Waals surface area (Å²) in [7, 11) is 0. The molecule has 0 radical (unpaired) electrons. The van der Waals surface area contributed by atoms with Crippen LogP contribution in [0, 0.1) is 5.82 Å². The van der Waals surface area contributed by atoms with Crippen LogP contribution in [0.5, 0.6) is 0 Å². The number of hydrogen-bond donors (Lipinski definition) is 2. The second-order valence-electron chi connectivity index (χ2n) is 4.01. The maximum atomic E-state index is 12.7. The van der Waals surface area contributed by atoms with Gasteiger partial charge in [0.25, 0.3) is 0 Å². The average molecular weight is 234 g/mol. The van der Waals surface area contributed by atoms with Gasteiger partial charge in [-0.1, -0.05) is 6.92 Å². The molecule has 17 heavy (non-hydrogen) atoms. The average Bonchev–Trinajstić information content (AvgIpc) is 2.78. The number of nitrogens with zero attached hydrogens (tertiary/aromatic N) is 2. The molecule has 2 aromatic heterocycles. The molecule has 0 aliphatic carbocycles. The van der Waals surface area contributed by atoms with Crippen molar-refractivity contribution in [3.8, 4) is 11.4 Å². The van der Waals surface area contributed by atoms with Gasteiger partial charge >= 0.3 is 0 Å². The molecule has 4 nitrogen and oxygen atoms in total. The Morgan fingerprint density at radius 2 is 2.24 bits per heavy atom. The van der Waals surface area contributed by atoms with Crippen LogP contribution in [0.15, 0.2) is 24.4 Å². The molecule has 1 atom stereocenters. The molecule has 2 rings (SSSR count). The third-order valence-corrected chi connectivity index (χ3v) is 2.63. The largest absolute Gasteiger partial charge is 0.327 e. The maximum Gasteiger partial charge on any atom is 0.141 e. The number of H-pyrrole nitrogens is 1. The van der Waals surface area contributed by atoms with Crippen LogP contribution in [0.2, 0.25) is 0 Å². The Bertz CT molecular complexity index is 478. The number of aromatic nitrogens is 3. The summed E-state index contributed by atoms with van der Waals surface area (Å²) < 4.78 is 12.7. The summed E-state index contributed by atoms with van der Waals surface area (Å²) in [5.41, 5.74) is 8.20. The molecule has 0 aliphatic heterocycles. The van der Waals surface area contributed by atoms with Gasteiger partial charge in [-0.15, -0.1) is 0 Å². The predicted molar refractivity (Wildman–Crippen MR) is 63.7 cm³/mol. The van der Waals surface area contributed by atoms with E-state index >= 15 is 0 Å². The van der Waals surface area contributed by atoms with Gasteiger partial charge in [-0.2, -0.15) is 5.10 Å². The predicted octanol–water partition coefficient (Wildman–Crippen LogP) is 1.89. The van der Waals surface area contributed by atoms with Crippen molar-refractivity contribution >= 4 is 0 Å². The van der Waals surface area contributed by atoms with Gasteiger partial charge in [0.1, 0.15) is 11.5 Å². The van der Waals surface area contributed by atoms with Gasteiger partial charge in [0, 0.05) is 18.2 Å². The van der Waals surface area contributed by atoms with Crippen LogP contribution in [0.25, 0.3) is 11.4 Å². The Hall–Kier alpha value is -1.75. The first-order valence-electron chi connectivity index (χ1n) is 5.61. The summed E-state index contributed by atoms with van der Waals surface area (Å²) >= 11 is 0. The number of hydrogen-bond acceptors (Lipinski definition) is 3. The lowest BCUT2D eigenvalue weighted by molar-refractivity contribution is 0.622. The molecular weight excluding hydrogens is 219 g/mol. The summed E-state index contributed by atoms with van der Waals surface area (Å²) in [4.78, 5) is 3.97. The Labute approximate surface area is 99.1 Å². The molecule has 2 aromatic rings. The van der Waals surface area contributed by atoms with Crippen LogP contribution in [0.1, 0.15) is 19.0 Å². The van der Waals surface area contributed by atoms with Crippen molar-refractivity contribution in [1.82, 2.24) is 15.2 Å². The molecule has 0 aliphatic rings. The van der Waals surface area contributed by atoms with Crippen LogP contribution in [0.4, 0.5) is 4.39 Å².